The fourth-order valence-corrected chi connectivity index (χ4v) is 2.84. The molecule has 2 rings (SSSR count). The smallest absolute Gasteiger partial charge is 0.244 e. The monoisotopic (exact) mass is 406 g/mol. The summed E-state index contributed by atoms with van der Waals surface area (Å²) in [7, 11) is 6.07. The molecule has 0 saturated heterocycles. The van der Waals surface area contributed by atoms with Crippen molar-refractivity contribution >= 4 is 29.1 Å². The molecule has 28 heavy (non-hydrogen) atoms. The second-order valence-electron chi connectivity index (χ2n) is 5.95. The molecule has 0 fully saturated rings. The fourth-order valence-electron chi connectivity index (χ4n) is 2.66. The highest BCUT2D eigenvalue weighted by Crippen LogP contribution is 2.40. The van der Waals surface area contributed by atoms with Gasteiger partial charge in [0.2, 0.25) is 17.6 Å². The van der Waals surface area contributed by atoms with Gasteiger partial charge in [-0.05, 0) is 18.2 Å². The van der Waals surface area contributed by atoms with E-state index in [2.05, 4.69) is 5.32 Å². The quantitative estimate of drug-likeness (QED) is 0.729. The third-order valence-corrected chi connectivity index (χ3v) is 4.41. The standard InChI is InChI=1S/C20H23ClN2O5/c1-23(12-17(24)22-15-8-6-5-7-14(15)21)18(25)11-13-9-10-16(26-2)20(28-4)19(13)27-3/h5-10H,11-12H2,1-4H3,(H,22,24). The summed E-state index contributed by atoms with van der Waals surface area (Å²) in [6, 6.07) is 10.3. The molecule has 1 N–H and O–H groups in total. The molecule has 2 aromatic rings. The largest absolute Gasteiger partial charge is 0.493 e. The van der Waals surface area contributed by atoms with Gasteiger partial charge in [0.15, 0.2) is 11.5 Å². The third-order valence-electron chi connectivity index (χ3n) is 4.08. The van der Waals surface area contributed by atoms with Crippen molar-refractivity contribution in [1.29, 1.82) is 0 Å². The lowest BCUT2D eigenvalue weighted by molar-refractivity contribution is -0.132. The Morgan fingerprint density at radius 3 is 2.29 bits per heavy atom. The maximum absolute atomic E-state index is 12.6. The number of anilines is 1. The normalized spacial score (nSPS) is 10.2. The van der Waals surface area contributed by atoms with Gasteiger partial charge in [-0.15, -0.1) is 0 Å². The Kier molecular flexibility index (Phi) is 7.52. The second kappa shape index (κ2) is 9.85. The molecule has 2 aromatic carbocycles. The Hall–Kier alpha value is -2.93. The number of ether oxygens (including phenoxy) is 3. The first-order valence-corrected chi connectivity index (χ1v) is 8.85. The number of carbonyl (C=O) groups excluding carboxylic acids is 2. The number of para-hydroxylation sites is 1. The van der Waals surface area contributed by atoms with Gasteiger partial charge < -0.3 is 24.4 Å². The van der Waals surface area contributed by atoms with E-state index >= 15 is 0 Å². The zero-order valence-electron chi connectivity index (χ0n) is 16.2. The SMILES string of the molecule is COc1ccc(CC(=O)N(C)CC(=O)Nc2ccccc2Cl)c(OC)c1OC. The van der Waals surface area contributed by atoms with E-state index in [1.807, 2.05) is 0 Å². The Bertz CT molecular complexity index is 856. The van der Waals surface area contributed by atoms with Crippen LogP contribution >= 0.6 is 11.6 Å². The van der Waals surface area contributed by atoms with E-state index in [0.717, 1.165) is 0 Å². The number of amides is 2. The number of hydrogen-bond acceptors (Lipinski definition) is 5. The fraction of sp³-hybridized carbons (Fsp3) is 0.300. The molecule has 0 radical (unpaired) electrons. The van der Waals surface area contributed by atoms with Crippen molar-refractivity contribution in [2.75, 3.05) is 40.2 Å². The van der Waals surface area contributed by atoms with E-state index in [9.17, 15) is 9.59 Å². The number of methoxy groups -OCH3 is 3. The van der Waals surface area contributed by atoms with Gasteiger partial charge in [0, 0.05) is 12.6 Å². The number of carbonyl (C=O) groups is 2. The summed E-state index contributed by atoms with van der Waals surface area (Å²) in [5.41, 5.74) is 1.13. The van der Waals surface area contributed by atoms with Crippen LogP contribution in [0.3, 0.4) is 0 Å². The van der Waals surface area contributed by atoms with Crippen molar-refractivity contribution in [3.63, 3.8) is 0 Å². The van der Waals surface area contributed by atoms with Crippen molar-refractivity contribution in [1.82, 2.24) is 4.90 Å². The van der Waals surface area contributed by atoms with E-state index in [-0.39, 0.29) is 24.8 Å². The van der Waals surface area contributed by atoms with Crippen LogP contribution in [0.2, 0.25) is 5.02 Å². The van der Waals surface area contributed by atoms with Gasteiger partial charge in [0.05, 0.1) is 45.0 Å². The molecule has 0 aliphatic carbocycles. The average Bonchev–Trinajstić information content (AvgIpc) is 2.68. The number of hydrogen-bond donors (Lipinski definition) is 1. The number of nitrogens with zero attached hydrogens (tertiary/aromatic N) is 1. The molecule has 0 unspecified atom stereocenters. The highest BCUT2D eigenvalue weighted by molar-refractivity contribution is 6.33. The predicted octanol–water partition coefficient (Wildman–Crippen LogP) is 3.01. The Morgan fingerprint density at radius 1 is 1.00 bits per heavy atom. The Morgan fingerprint density at radius 2 is 1.68 bits per heavy atom. The maximum Gasteiger partial charge on any atom is 0.244 e. The predicted molar refractivity (Wildman–Crippen MR) is 108 cm³/mol. The summed E-state index contributed by atoms with van der Waals surface area (Å²) >= 11 is 6.03. The van der Waals surface area contributed by atoms with Crippen LogP contribution in [-0.2, 0) is 16.0 Å². The highest BCUT2D eigenvalue weighted by atomic mass is 35.5. The van der Waals surface area contributed by atoms with Crippen LogP contribution in [0.25, 0.3) is 0 Å². The van der Waals surface area contributed by atoms with Crippen LogP contribution in [-0.4, -0.2) is 51.6 Å². The van der Waals surface area contributed by atoms with E-state index in [1.165, 1.54) is 26.2 Å². The molecule has 0 spiro atoms. The first-order chi connectivity index (χ1) is 13.4. The number of nitrogens with one attached hydrogen (secondary N) is 1. The molecule has 0 heterocycles. The Labute approximate surface area is 169 Å². The Balaban J connectivity index is 2.06. The van der Waals surface area contributed by atoms with Gasteiger partial charge in [-0.25, -0.2) is 0 Å². The zero-order chi connectivity index (χ0) is 20.7. The summed E-state index contributed by atoms with van der Waals surface area (Å²) in [4.78, 5) is 26.1. The number of likely N-dealkylation sites (N-methyl/N-ethyl adjacent to an activating group) is 1. The van der Waals surface area contributed by atoms with Crippen molar-refractivity contribution in [3.05, 3.63) is 47.0 Å². The molecule has 7 nitrogen and oxygen atoms in total. The van der Waals surface area contributed by atoms with Crippen LogP contribution in [0.1, 0.15) is 5.56 Å². The minimum Gasteiger partial charge on any atom is -0.493 e. The molecule has 150 valence electrons. The first-order valence-electron chi connectivity index (χ1n) is 8.47. The summed E-state index contributed by atoms with van der Waals surface area (Å²) in [6.45, 7) is -0.111. The second-order valence-corrected chi connectivity index (χ2v) is 6.36. The minimum atomic E-state index is -0.344. The zero-order valence-corrected chi connectivity index (χ0v) is 17.0. The molecule has 0 aromatic heterocycles. The van der Waals surface area contributed by atoms with Crippen LogP contribution < -0.4 is 19.5 Å². The molecule has 0 saturated carbocycles. The molecule has 0 aliphatic heterocycles. The minimum absolute atomic E-state index is 0.0411. The molecule has 0 atom stereocenters. The van der Waals surface area contributed by atoms with E-state index in [1.54, 1.807) is 43.4 Å². The van der Waals surface area contributed by atoms with Gasteiger partial charge in [-0.2, -0.15) is 0 Å². The van der Waals surface area contributed by atoms with Crippen molar-refractivity contribution in [2.24, 2.45) is 0 Å². The maximum atomic E-state index is 12.6. The van der Waals surface area contributed by atoms with Gasteiger partial charge in [-0.3, -0.25) is 9.59 Å². The number of rotatable bonds is 8. The summed E-state index contributed by atoms with van der Waals surface area (Å²) in [5, 5.41) is 3.12. The summed E-state index contributed by atoms with van der Waals surface area (Å²) in [6.07, 6.45) is 0.0411. The molecular formula is C20H23ClN2O5. The lowest BCUT2D eigenvalue weighted by atomic mass is 10.1. The summed E-state index contributed by atoms with van der Waals surface area (Å²) < 4.78 is 16.0. The van der Waals surface area contributed by atoms with Gasteiger partial charge in [0.25, 0.3) is 0 Å². The van der Waals surface area contributed by atoms with E-state index in [0.29, 0.717) is 33.5 Å². The third kappa shape index (κ3) is 5.07. The van der Waals surface area contributed by atoms with Crippen LogP contribution in [0.4, 0.5) is 5.69 Å². The van der Waals surface area contributed by atoms with Crippen LogP contribution in [0.5, 0.6) is 17.2 Å². The molecular weight excluding hydrogens is 384 g/mol. The lowest BCUT2D eigenvalue weighted by Crippen LogP contribution is -2.35. The first kappa shape index (κ1) is 21.4. The van der Waals surface area contributed by atoms with Gasteiger partial charge in [-0.1, -0.05) is 29.8 Å². The van der Waals surface area contributed by atoms with Crippen LogP contribution in [0, 0.1) is 0 Å². The molecule has 0 aliphatic rings. The summed E-state index contributed by atoms with van der Waals surface area (Å²) in [5.74, 6) is 0.740. The van der Waals surface area contributed by atoms with Crippen LogP contribution in [0.15, 0.2) is 36.4 Å². The number of halogens is 1. The van der Waals surface area contributed by atoms with Gasteiger partial charge in [0.1, 0.15) is 0 Å². The van der Waals surface area contributed by atoms with Crippen molar-refractivity contribution in [2.45, 2.75) is 6.42 Å². The highest BCUT2D eigenvalue weighted by Gasteiger charge is 2.20. The molecule has 2 amide bonds. The van der Waals surface area contributed by atoms with Crippen molar-refractivity contribution in [3.8, 4) is 17.2 Å². The van der Waals surface area contributed by atoms with E-state index < -0.39 is 0 Å². The number of benzene rings is 2. The molecule has 8 heteroatoms. The average molecular weight is 407 g/mol. The van der Waals surface area contributed by atoms with Gasteiger partial charge >= 0.3 is 0 Å². The van der Waals surface area contributed by atoms with E-state index in [4.69, 9.17) is 25.8 Å². The lowest BCUT2D eigenvalue weighted by Gasteiger charge is -2.19. The van der Waals surface area contributed by atoms with Crippen molar-refractivity contribution < 1.29 is 23.8 Å². The topological polar surface area (TPSA) is 77.1 Å². The molecule has 0 bridgehead atoms.